The Morgan fingerprint density at radius 3 is 2.56 bits per heavy atom. The number of esters is 1. The number of carbonyl (C=O) groups is 1. The highest BCUT2D eigenvalue weighted by Crippen LogP contribution is 2.61. The van der Waals surface area contributed by atoms with Gasteiger partial charge >= 0.3 is 13.6 Å². The number of hydrogen-bond donors (Lipinski definition) is 0. The lowest BCUT2D eigenvalue weighted by Crippen LogP contribution is -2.16. The van der Waals surface area contributed by atoms with Gasteiger partial charge in [0.25, 0.3) is 0 Å². The Morgan fingerprint density at radius 2 is 1.97 bits per heavy atom. The summed E-state index contributed by atoms with van der Waals surface area (Å²) in [7, 11) is -3.88. The van der Waals surface area contributed by atoms with E-state index in [9.17, 15) is 9.36 Å². The molecule has 3 aromatic rings. The highest BCUT2D eigenvalue weighted by Gasteiger charge is 2.41. The topological polar surface area (TPSA) is 105 Å². The number of carbonyl (C=O) groups excluding carboxylic acids is 1. The van der Waals surface area contributed by atoms with Crippen molar-refractivity contribution in [2.75, 3.05) is 13.2 Å². The molecule has 0 bridgehead atoms. The van der Waals surface area contributed by atoms with Crippen molar-refractivity contribution >= 4 is 48.1 Å². The molecule has 0 amide bonds. The molecule has 2 aromatic heterocycles. The standard InChI is InChI=1S/C19H21Cl2N4O5PS/c1-4-28-31(27,29-5-2)18(13-7-6-8-14(20)9-13)30-17(26)16-12(3)25(24-23-16)11-15-10-22-19(21)32-15/h6-10,18H,4-5,11H2,1-3H3. The van der Waals surface area contributed by atoms with Crippen LogP contribution >= 0.6 is 42.1 Å². The Morgan fingerprint density at radius 1 is 1.25 bits per heavy atom. The molecule has 9 nitrogen and oxygen atoms in total. The van der Waals surface area contributed by atoms with E-state index in [2.05, 4.69) is 15.3 Å². The number of halogens is 2. The van der Waals surface area contributed by atoms with E-state index < -0.39 is 19.4 Å². The third kappa shape index (κ3) is 5.75. The van der Waals surface area contributed by atoms with E-state index in [0.29, 0.717) is 27.3 Å². The molecule has 0 saturated heterocycles. The van der Waals surface area contributed by atoms with Crippen LogP contribution in [0.15, 0.2) is 30.5 Å². The minimum absolute atomic E-state index is 0.0211. The lowest BCUT2D eigenvalue weighted by Gasteiger charge is -2.26. The molecule has 0 aliphatic carbocycles. The fourth-order valence-corrected chi connectivity index (χ4v) is 5.84. The summed E-state index contributed by atoms with van der Waals surface area (Å²) in [5.41, 5.74) is 0.819. The molecule has 32 heavy (non-hydrogen) atoms. The fraction of sp³-hybridized carbons (Fsp3) is 0.368. The zero-order valence-corrected chi connectivity index (χ0v) is 20.7. The van der Waals surface area contributed by atoms with E-state index in [1.54, 1.807) is 51.2 Å². The molecule has 3 rings (SSSR count). The zero-order valence-electron chi connectivity index (χ0n) is 17.5. The zero-order chi connectivity index (χ0) is 23.3. The molecule has 172 valence electrons. The van der Waals surface area contributed by atoms with Crippen molar-refractivity contribution in [3.05, 3.63) is 61.8 Å². The summed E-state index contributed by atoms with van der Waals surface area (Å²) in [5.74, 6) is -2.15. The first-order valence-corrected chi connectivity index (χ1v) is 12.8. The molecule has 0 radical (unpaired) electrons. The van der Waals surface area contributed by atoms with Gasteiger partial charge in [0.1, 0.15) is 0 Å². The van der Waals surface area contributed by atoms with Gasteiger partial charge < -0.3 is 13.8 Å². The molecule has 1 unspecified atom stereocenters. The van der Waals surface area contributed by atoms with Gasteiger partial charge in [-0.15, -0.1) is 16.4 Å². The quantitative estimate of drug-likeness (QED) is 0.255. The Hall–Kier alpha value is -1.81. The van der Waals surface area contributed by atoms with Crippen LogP contribution < -0.4 is 0 Å². The maximum Gasteiger partial charge on any atom is 0.375 e. The number of benzene rings is 1. The summed E-state index contributed by atoms with van der Waals surface area (Å²) < 4.78 is 31.9. The smallest absolute Gasteiger partial charge is 0.375 e. The van der Waals surface area contributed by atoms with Gasteiger partial charge in [0.15, 0.2) is 10.2 Å². The van der Waals surface area contributed by atoms with Gasteiger partial charge in [0, 0.05) is 21.7 Å². The van der Waals surface area contributed by atoms with Gasteiger partial charge in [-0.1, -0.05) is 40.5 Å². The SMILES string of the molecule is CCOP(=O)(OCC)C(OC(=O)c1nnn(Cc2cnc(Cl)s2)c1C)c1cccc(Cl)c1. The van der Waals surface area contributed by atoms with E-state index in [1.165, 1.54) is 16.0 Å². The monoisotopic (exact) mass is 518 g/mol. The predicted molar refractivity (Wildman–Crippen MR) is 121 cm³/mol. The minimum atomic E-state index is -3.88. The summed E-state index contributed by atoms with van der Waals surface area (Å²) >= 11 is 13.3. The van der Waals surface area contributed by atoms with Crippen LogP contribution in [0.1, 0.15) is 46.3 Å². The van der Waals surface area contributed by atoms with Crippen molar-refractivity contribution in [3.63, 3.8) is 0 Å². The van der Waals surface area contributed by atoms with Gasteiger partial charge in [-0.3, -0.25) is 4.57 Å². The average Bonchev–Trinajstić information content (AvgIpc) is 3.32. The second-order valence-electron chi connectivity index (χ2n) is 6.45. The number of rotatable bonds is 10. The van der Waals surface area contributed by atoms with Crippen LogP contribution in [0.5, 0.6) is 0 Å². The van der Waals surface area contributed by atoms with Crippen molar-refractivity contribution in [1.82, 2.24) is 20.0 Å². The number of hydrogen-bond acceptors (Lipinski definition) is 9. The highest BCUT2D eigenvalue weighted by molar-refractivity contribution is 7.54. The average molecular weight is 519 g/mol. The third-order valence-electron chi connectivity index (χ3n) is 4.26. The Bertz CT molecular complexity index is 1130. The van der Waals surface area contributed by atoms with Crippen LogP contribution in [0.4, 0.5) is 0 Å². The van der Waals surface area contributed by atoms with Crippen molar-refractivity contribution in [1.29, 1.82) is 0 Å². The van der Waals surface area contributed by atoms with Crippen molar-refractivity contribution in [2.45, 2.75) is 33.2 Å². The molecule has 13 heteroatoms. The van der Waals surface area contributed by atoms with Crippen molar-refractivity contribution in [2.24, 2.45) is 0 Å². The van der Waals surface area contributed by atoms with Gasteiger partial charge in [-0.2, -0.15) is 0 Å². The summed E-state index contributed by atoms with van der Waals surface area (Å²) in [6.07, 6.45) is 1.63. The fourth-order valence-electron chi connectivity index (χ4n) is 2.87. The molecule has 1 aromatic carbocycles. The third-order valence-corrected chi connectivity index (χ3v) is 7.81. The van der Waals surface area contributed by atoms with Crippen LogP contribution in [0.2, 0.25) is 9.49 Å². The summed E-state index contributed by atoms with van der Waals surface area (Å²) in [6.45, 7) is 5.55. The second-order valence-corrected chi connectivity index (χ2v) is 10.6. The predicted octanol–water partition coefficient (Wildman–Crippen LogP) is 5.52. The Labute approximate surface area is 199 Å². The molecule has 0 N–H and O–H groups in total. The van der Waals surface area contributed by atoms with Crippen molar-refractivity contribution in [3.8, 4) is 0 Å². The maximum absolute atomic E-state index is 13.5. The van der Waals surface area contributed by atoms with Crippen LogP contribution in [0.25, 0.3) is 0 Å². The minimum Gasteiger partial charge on any atom is -0.440 e. The Balaban J connectivity index is 1.91. The molecule has 0 fully saturated rings. The van der Waals surface area contributed by atoms with Gasteiger partial charge in [-0.25, -0.2) is 14.5 Å². The normalized spacial score (nSPS) is 12.7. The largest absolute Gasteiger partial charge is 0.440 e. The van der Waals surface area contributed by atoms with Crippen molar-refractivity contribution < 1.29 is 23.1 Å². The number of nitrogens with zero attached hydrogens (tertiary/aromatic N) is 4. The summed E-state index contributed by atoms with van der Waals surface area (Å²) in [5, 5.41) is 8.35. The molecule has 1 atom stereocenters. The molecule has 0 spiro atoms. The van der Waals surface area contributed by atoms with E-state index in [-0.39, 0.29) is 18.9 Å². The molecule has 0 saturated carbocycles. The van der Waals surface area contributed by atoms with Crippen LogP contribution in [-0.4, -0.2) is 39.2 Å². The van der Waals surface area contributed by atoms with E-state index in [0.717, 1.165) is 4.88 Å². The summed E-state index contributed by atoms with van der Waals surface area (Å²) in [4.78, 5) is 17.9. The van der Waals surface area contributed by atoms with E-state index in [1.807, 2.05) is 0 Å². The second kappa shape index (κ2) is 10.9. The molecule has 0 aliphatic rings. The first-order chi connectivity index (χ1) is 15.3. The number of ether oxygens (including phenoxy) is 1. The van der Waals surface area contributed by atoms with Gasteiger partial charge in [0.05, 0.1) is 25.5 Å². The van der Waals surface area contributed by atoms with E-state index >= 15 is 0 Å². The molecule has 0 aliphatic heterocycles. The van der Waals surface area contributed by atoms with E-state index in [4.69, 9.17) is 37.0 Å². The lowest BCUT2D eigenvalue weighted by atomic mass is 10.2. The lowest BCUT2D eigenvalue weighted by molar-refractivity contribution is 0.0356. The van der Waals surface area contributed by atoms with Crippen LogP contribution in [-0.2, 0) is 24.9 Å². The van der Waals surface area contributed by atoms with Crippen LogP contribution in [0.3, 0.4) is 0 Å². The maximum atomic E-state index is 13.5. The van der Waals surface area contributed by atoms with Gasteiger partial charge in [0.2, 0.25) is 5.85 Å². The highest BCUT2D eigenvalue weighted by atomic mass is 35.5. The molecular formula is C19H21Cl2N4O5PS. The number of thiazole rings is 1. The summed E-state index contributed by atoms with van der Waals surface area (Å²) in [6, 6.07) is 6.48. The van der Waals surface area contributed by atoms with Crippen LogP contribution in [0, 0.1) is 6.92 Å². The number of aromatic nitrogens is 4. The molecule has 2 heterocycles. The first-order valence-electron chi connectivity index (χ1n) is 9.63. The first kappa shape index (κ1) is 24.8. The van der Waals surface area contributed by atoms with Gasteiger partial charge in [-0.05, 0) is 32.9 Å². The molecular weight excluding hydrogens is 498 g/mol. The Kier molecular flexibility index (Phi) is 8.43.